The van der Waals surface area contributed by atoms with Crippen molar-refractivity contribution in [2.24, 2.45) is 5.92 Å². The largest absolute Gasteiger partial charge is 0.295 e. The molecule has 19 heavy (non-hydrogen) atoms. The van der Waals surface area contributed by atoms with Gasteiger partial charge in [0.05, 0.1) is 5.56 Å². The van der Waals surface area contributed by atoms with Gasteiger partial charge in [-0.25, -0.2) is 0 Å². The molecule has 100 valence electrons. The molecule has 3 heteroatoms. The Bertz CT molecular complexity index is 484. The summed E-state index contributed by atoms with van der Waals surface area (Å²) in [6, 6.07) is 7.94. The summed E-state index contributed by atoms with van der Waals surface area (Å²) in [5.41, 5.74) is 1.71. The van der Waals surface area contributed by atoms with Crippen LogP contribution in [-0.2, 0) is 0 Å². The molecule has 1 aliphatic carbocycles. The average Bonchev–Trinajstić information content (AvgIpc) is 2.72. The van der Waals surface area contributed by atoms with Gasteiger partial charge in [-0.3, -0.25) is 9.69 Å². The van der Waals surface area contributed by atoms with Crippen molar-refractivity contribution in [1.82, 2.24) is 4.90 Å². The number of hydrogen-bond donors (Lipinski definition) is 0. The van der Waals surface area contributed by atoms with E-state index in [2.05, 4.69) is 6.92 Å². The number of carbonyl (C=O) groups excluding carboxylic acids is 1. The molecule has 3 rings (SSSR count). The third-order valence-corrected chi connectivity index (χ3v) is 4.98. The summed E-state index contributed by atoms with van der Waals surface area (Å²) in [5.74, 6) is 0.698. The highest BCUT2D eigenvalue weighted by Gasteiger charge is 2.38. The van der Waals surface area contributed by atoms with Crippen molar-refractivity contribution in [3.05, 3.63) is 35.4 Å². The van der Waals surface area contributed by atoms with Gasteiger partial charge in [0, 0.05) is 11.6 Å². The number of fused-ring (bicyclic) bond motifs is 1. The van der Waals surface area contributed by atoms with E-state index in [1.54, 1.807) is 0 Å². The predicted molar refractivity (Wildman–Crippen MR) is 80.3 cm³/mol. The molecule has 1 aliphatic heterocycles. The van der Waals surface area contributed by atoms with Crippen molar-refractivity contribution in [2.45, 2.75) is 45.1 Å². The van der Waals surface area contributed by atoms with Crippen LogP contribution in [0.15, 0.2) is 24.3 Å². The van der Waals surface area contributed by atoms with Crippen molar-refractivity contribution >= 4 is 23.1 Å². The molecule has 0 spiro atoms. The van der Waals surface area contributed by atoms with Gasteiger partial charge in [-0.1, -0.05) is 49.7 Å². The molecule has 1 saturated carbocycles. The molecule has 1 aromatic carbocycles. The summed E-state index contributed by atoms with van der Waals surface area (Å²) in [6.45, 7) is 2.16. The van der Waals surface area contributed by atoms with Gasteiger partial charge in [0.25, 0.3) is 5.91 Å². The SMILES string of the molecule is CC(C1CCCCC1)N1C(=O)c2ccccc2C1=S. The summed E-state index contributed by atoms with van der Waals surface area (Å²) >= 11 is 5.52. The Morgan fingerprint density at radius 2 is 1.79 bits per heavy atom. The van der Waals surface area contributed by atoms with Gasteiger partial charge in [-0.2, -0.15) is 0 Å². The molecule has 0 saturated heterocycles. The average molecular weight is 273 g/mol. The first-order chi connectivity index (χ1) is 9.20. The van der Waals surface area contributed by atoms with E-state index in [0.29, 0.717) is 5.92 Å². The van der Waals surface area contributed by atoms with E-state index in [9.17, 15) is 4.79 Å². The second kappa shape index (κ2) is 5.04. The summed E-state index contributed by atoms with van der Waals surface area (Å²) in [6.07, 6.45) is 6.36. The van der Waals surface area contributed by atoms with E-state index >= 15 is 0 Å². The first kappa shape index (κ1) is 12.8. The third kappa shape index (κ3) is 2.10. The summed E-state index contributed by atoms with van der Waals surface area (Å²) in [5, 5.41) is 0. The van der Waals surface area contributed by atoms with E-state index in [1.165, 1.54) is 32.1 Å². The summed E-state index contributed by atoms with van der Waals surface area (Å²) < 4.78 is 0. The lowest BCUT2D eigenvalue weighted by Gasteiger charge is -2.34. The zero-order valence-corrected chi connectivity index (χ0v) is 12.1. The Kier molecular flexibility index (Phi) is 3.40. The molecule has 1 unspecified atom stereocenters. The first-order valence-electron chi connectivity index (χ1n) is 7.17. The van der Waals surface area contributed by atoms with Crippen LogP contribution in [0.1, 0.15) is 54.9 Å². The minimum absolute atomic E-state index is 0.0960. The number of hydrogen-bond acceptors (Lipinski definition) is 2. The number of thiocarbonyl (C=S) groups is 1. The third-order valence-electron chi connectivity index (χ3n) is 4.56. The summed E-state index contributed by atoms with van der Waals surface area (Å²) in [7, 11) is 0. The molecule has 1 aromatic rings. The standard InChI is InChI=1S/C16H19NOS/c1-11(12-7-3-2-4-8-12)17-15(18)13-9-5-6-10-14(13)16(17)19/h5-6,9-12H,2-4,7-8H2,1H3. The molecule has 0 N–H and O–H groups in total. The quantitative estimate of drug-likeness (QED) is 0.764. The molecule has 1 amide bonds. The van der Waals surface area contributed by atoms with Crippen LogP contribution in [-0.4, -0.2) is 21.8 Å². The van der Waals surface area contributed by atoms with E-state index in [-0.39, 0.29) is 11.9 Å². The Balaban J connectivity index is 1.87. The maximum absolute atomic E-state index is 12.5. The van der Waals surface area contributed by atoms with E-state index in [4.69, 9.17) is 12.2 Å². The number of rotatable bonds is 2. The van der Waals surface area contributed by atoms with Crippen molar-refractivity contribution in [3.8, 4) is 0 Å². The highest BCUT2D eigenvalue weighted by molar-refractivity contribution is 7.80. The fraction of sp³-hybridized carbons (Fsp3) is 0.500. The van der Waals surface area contributed by atoms with Crippen molar-refractivity contribution < 1.29 is 4.79 Å². The highest BCUT2D eigenvalue weighted by atomic mass is 32.1. The van der Waals surface area contributed by atoms with E-state index in [1.807, 2.05) is 29.2 Å². The number of carbonyl (C=O) groups is 1. The molecule has 2 nitrogen and oxygen atoms in total. The van der Waals surface area contributed by atoms with Crippen LogP contribution in [0.25, 0.3) is 0 Å². The van der Waals surface area contributed by atoms with Crippen LogP contribution in [0.5, 0.6) is 0 Å². The van der Waals surface area contributed by atoms with Gasteiger partial charge in [0.15, 0.2) is 0 Å². The summed E-state index contributed by atoms with van der Waals surface area (Å²) in [4.78, 5) is 15.1. The number of amides is 1. The van der Waals surface area contributed by atoms with Crippen LogP contribution >= 0.6 is 12.2 Å². The van der Waals surface area contributed by atoms with Crippen molar-refractivity contribution in [1.29, 1.82) is 0 Å². The monoisotopic (exact) mass is 273 g/mol. The fourth-order valence-electron chi connectivity index (χ4n) is 3.41. The van der Waals surface area contributed by atoms with Crippen molar-refractivity contribution in [2.75, 3.05) is 0 Å². The number of benzene rings is 1. The van der Waals surface area contributed by atoms with Gasteiger partial charge in [-0.15, -0.1) is 0 Å². The Labute approximate surface area is 119 Å². The highest BCUT2D eigenvalue weighted by Crippen LogP contribution is 2.33. The van der Waals surface area contributed by atoms with Crippen LogP contribution in [0, 0.1) is 5.92 Å². The Hall–Kier alpha value is -1.22. The second-order valence-electron chi connectivity index (χ2n) is 5.66. The minimum Gasteiger partial charge on any atom is -0.295 e. The lowest BCUT2D eigenvalue weighted by Crippen LogP contribution is -2.42. The normalized spacial score (nSPS) is 21.6. The zero-order valence-electron chi connectivity index (χ0n) is 11.3. The molecule has 0 aromatic heterocycles. The molecular formula is C16H19NOS. The maximum atomic E-state index is 12.5. The second-order valence-corrected chi connectivity index (χ2v) is 6.05. The molecular weight excluding hydrogens is 254 g/mol. The lowest BCUT2D eigenvalue weighted by atomic mass is 9.84. The van der Waals surface area contributed by atoms with Crippen LogP contribution in [0.4, 0.5) is 0 Å². The molecule has 1 atom stereocenters. The van der Waals surface area contributed by atoms with E-state index < -0.39 is 0 Å². The molecule has 2 aliphatic rings. The van der Waals surface area contributed by atoms with Crippen LogP contribution in [0.3, 0.4) is 0 Å². The Morgan fingerprint density at radius 1 is 1.16 bits per heavy atom. The van der Waals surface area contributed by atoms with Gasteiger partial charge < -0.3 is 0 Å². The molecule has 0 bridgehead atoms. The smallest absolute Gasteiger partial charge is 0.259 e. The molecule has 1 fully saturated rings. The minimum atomic E-state index is 0.0960. The van der Waals surface area contributed by atoms with Crippen molar-refractivity contribution in [3.63, 3.8) is 0 Å². The molecule has 0 radical (unpaired) electrons. The topological polar surface area (TPSA) is 20.3 Å². The van der Waals surface area contributed by atoms with Crippen LogP contribution in [0.2, 0.25) is 0 Å². The molecule has 1 heterocycles. The van der Waals surface area contributed by atoms with Gasteiger partial charge in [0.2, 0.25) is 0 Å². The predicted octanol–water partition coefficient (Wildman–Crippen LogP) is 3.79. The maximum Gasteiger partial charge on any atom is 0.259 e. The Morgan fingerprint density at radius 3 is 2.42 bits per heavy atom. The van der Waals surface area contributed by atoms with Gasteiger partial charge in [-0.05, 0) is 31.7 Å². The first-order valence-corrected chi connectivity index (χ1v) is 7.58. The zero-order chi connectivity index (χ0) is 13.4. The fourth-order valence-corrected chi connectivity index (χ4v) is 3.83. The van der Waals surface area contributed by atoms with E-state index in [0.717, 1.165) is 16.1 Å². The number of nitrogens with zero attached hydrogens (tertiary/aromatic N) is 1. The van der Waals surface area contributed by atoms with Gasteiger partial charge >= 0.3 is 0 Å². The lowest BCUT2D eigenvalue weighted by molar-refractivity contribution is 0.0774. The van der Waals surface area contributed by atoms with Crippen LogP contribution < -0.4 is 0 Å². The van der Waals surface area contributed by atoms with Gasteiger partial charge in [0.1, 0.15) is 4.99 Å².